The van der Waals surface area contributed by atoms with E-state index in [0.29, 0.717) is 13.1 Å². The number of halogens is 2. The first-order chi connectivity index (χ1) is 15.5. The highest BCUT2D eigenvalue weighted by atomic mass is 32.2. The highest BCUT2D eigenvalue weighted by Crippen LogP contribution is 2.29. The molecule has 0 bridgehead atoms. The summed E-state index contributed by atoms with van der Waals surface area (Å²) < 4.78 is 55.7. The normalized spacial score (nSPS) is 15.0. The van der Waals surface area contributed by atoms with Crippen molar-refractivity contribution < 1.29 is 31.5 Å². The minimum Gasteiger partial charge on any atom is -0.488 e. The van der Waals surface area contributed by atoms with E-state index in [2.05, 4.69) is 5.32 Å². The maximum Gasteiger partial charge on any atom is 0.324 e. The number of hydrogen-bond donors (Lipinski definition) is 1. The first kappa shape index (κ1) is 24.6. The Hall–Kier alpha value is -3.01. The van der Waals surface area contributed by atoms with Gasteiger partial charge in [-0.05, 0) is 29.3 Å². The molecule has 1 N–H and O–H groups in total. The molecule has 1 fully saturated rings. The van der Waals surface area contributed by atoms with Gasteiger partial charge in [0.25, 0.3) is 6.43 Å². The van der Waals surface area contributed by atoms with Crippen LogP contribution in [0.5, 0.6) is 5.75 Å². The predicted octanol–water partition coefficient (Wildman–Crippen LogP) is 3.52. The van der Waals surface area contributed by atoms with Crippen LogP contribution in [0.4, 0.5) is 13.6 Å². The van der Waals surface area contributed by atoms with Crippen molar-refractivity contribution >= 4 is 21.8 Å². The summed E-state index contributed by atoms with van der Waals surface area (Å²) in [5.74, 6) is -0.420. The average Bonchev–Trinajstić information content (AvgIpc) is 2.74. The highest BCUT2D eigenvalue weighted by Gasteiger charge is 2.30. The minimum atomic E-state index is -3.73. The highest BCUT2D eigenvalue weighted by molar-refractivity contribution is 7.91. The summed E-state index contributed by atoms with van der Waals surface area (Å²) >= 11 is 0. The van der Waals surface area contributed by atoms with Crippen molar-refractivity contribution in [1.29, 1.82) is 0 Å². The summed E-state index contributed by atoms with van der Waals surface area (Å²) in [6.45, 7) is 3.48. The third-order valence-corrected chi connectivity index (χ3v) is 7.42. The lowest BCUT2D eigenvalue weighted by molar-refractivity contribution is -0.121. The third-order valence-electron chi connectivity index (χ3n) is 5.34. The van der Waals surface area contributed by atoms with Crippen molar-refractivity contribution in [3.05, 3.63) is 59.7 Å². The van der Waals surface area contributed by atoms with E-state index in [4.69, 9.17) is 4.74 Å². The summed E-state index contributed by atoms with van der Waals surface area (Å²) in [6.07, 6.45) is -2.40. The molecule has 1 aliphatic rings. The van der Waals surface area contributed by atoms with Crippen LogP contribution in [0.1, 0.15) is 31.4 Å². The number of hydrogen-bond acceptors (Lipinski definition) is 5. The van der Waals surface area contributed by atoms with E-state index < -0.39 is 34.3 Å². The molecule has 1 saturated heterocycles. The number of nitrogens with zero attached hydrogens (tertiary/aromatic N) is 1. The van der Waals surface area contributed by atoms with Crippen LogP contribution < -0.4 is 10.1 Å². The van der Waals surface area contributed by atoms with Gasteiger partial charge in [0.2, 0.25) is 5.91 Å². The molecule has 0 radical (unpaired) electrons. The van der Waals surface area contributed by atoms with Crippen molar-refractivity contribution in [3.8, 4) is 5.75 Å². The fourth-order valence-electron chi connectivity index (χ4n) is 3.59. The Morgan fingerprint density at radius 2 is 1.82 bits per heavy atom. The lowest BCUT2D eigenvalue weighted by Crippen LogP contribution is -2.48. The van der Waals surface area contributed by atoms with Crippen LogP contribution in [0.2, 0.25) is 0 Å². The fraction of sp³-hybridized carbons (Fsp3) is 0.391. The van der Waals surface area contributed by atoms with Gasteiger partial charge in [0.05, 0.1) is 10.6 Å². The topological polar surface area (TPSA) is 92.8 Å². The number of sulfone groups is 1. The first-order valence-corrected chi connectivity index (χ1v) is 12.0. The molecule has 2 aromatic carbocycles. The number of carbonyl (C=O) groups is 2. The summed E-state index contributed by atoms with van der Waals surface area (Å²) in [6, 6.07) is 12.4. The van der Waals surface area contributed by atoms with Crippen molar-refractivity contribution in [1.82, 2.24) is 10.2 Å². The molecule has 178 valence electrons. The summed E-state index contributed by atoms with van der Waals surface area (Å²) in [5.41, 5.74) is 0.899. The first-order valence-electron chi connectivity index (χ1n) is 10.4. The van der Waals surface area contributed by atoms with Crippen LogP contribution in [-0.2, 0) is 26.6 Å². The van der Waals surface area contributed by atoms with Gasteiger partial charge >= 0.3 is 6.03 Å². The van der Waals surface area contributed by atoms with Crippen LogP contribution >= 0.6 is 0 Å². The molecule has 0 atom stereocenters. The van der Waals surface area contributed by atoms with Gasteiger partial charge in [0.15, 0.2) is 9.84 Å². The molecule has 0 aliphatic carbocycles. The smallest absolute Gasteiger partial charge is 0.324 e. The molecule has 1 aliphatic heterocycles. The molecule has 33 heavy (non-hydrogen) atoms. The molecule has 3 rings (SSSR count). The molecular weight excluding hydrogens is 454 g/mol. The lowest BCUT2D eigenvalue weighted by Gasteiger charge is -2.28. The molecule has 2 aromatic rings. The molecule has 1 heterocycles. The second-order valence-electron chi connectivity index (χ2n) is 8.54. The lowest BCUT2D eigenvalue weighted by atomic mass is 9.86. The maximum atomic E-state index is 13.0. The Labute approximate surface area is 191 Å². The Bertz CT molecular complexity index is 1120. The summed E-state index contributed by atoms with van der Waals surface area (Å²) in [4.78, 5) is 24.7. The van der Waals surface area contributed by atoms with Gasteiger partial charge in [0.1, 0.15) is 12.4 Å². The van der Waals surface area contributed by atoms with Crippen LogP contribution in [-0.4, -0.2) is 50.6 Å². The van der Waals surface area contributed by atoms with Crippen molar-refractivity contribution in [3.63, 3.8) is 0 Å². The maximum absolute atomic E-state index is 13.0. The molecule has 0 aromatic heterocycles. The van der Waals surface area contributed by atoms with E-state index in [1.165, 1.54) is 29.2 Å². The fourth-order valence-corrected chi connectivity index (χ4v) is 5.45. The predicted molar refractivity (Wildman–Crippen MR) is 118 cm³/mol. The monoisotopic (exact) mass is 480 g/mol. The quantitative estimate of drug-likeness (QED) is 0.593. The van der Waals surface area contributed by atoms with E-state index in [9.17, 15) is 26.8 Å². The molecule has 0 unspecified atom stereocenters. The Morgan fingerprint density at radius 3 is 2.45 bits per heavy atom. The minimum absolute atomic E-state index is 0.00428. The van der Waals surface area contributed by atoms with Gasteiger partial charge in [-0.25, -0.2) is 22.0 Å². The third kappa shape index (κ3) is 6.50. The summed E-state index contributed by atoms with van der Waals surface area (Å²) in [7, 11) is -3.73. The Kier molecular flexibility index (Phi) is 7.36. The van der Waals surface area contributed by atoms with E-state index in [1.54, 1.807) is 13.8 Å². The summed E-state index contributed by atoms with van der Waals surface area (Å²) in [5, 5.41) is 2.28. The SMILES string of the molecule is CC(C)(CS(=O)(=O)c1cccc(OCC(F)F)c1)c1ccc(CN2CCC(=O)NC2=O)cc1. The van der Waals surface area contributed by atoms with Crippen LogP contribution in [0.25, 0.3) is 0 Å². The molecule has 10 heteroatoms. The van der Waals surface area contributed by atoms with Crippen molar-refractivity contribution in [2.75, 3.05) is 18.9 Å². The number of amides is 3. The molecular formula is C23H26F2N2O5S. The van der Waals surface area contributed by atoms with Crippen LogP contribution in [0, 0.1) is 0 Å². The van der Waals surface area contributed by atoms with E-state index >= 15 is 0 Å². The number of alkyl halides is 2. The van der Waals surface area contributed by atoms with E-state index in [0.717, 1.165) is 11.1 Å². The number of rotatable bonds is 9. The Balaban J connectivity index is 1.70. The average molecular weight is 481 g/mol. The zero-order valence-electron chi connectivity index (χ0n) is 18.4. The molecule has 0 saturated carbocycles. The molecule has 7 nitrogen and oxygen atoms in total. The van der Waals surface area contributed by atoms with Gasteiger partial charge in [-0.1, -0.05) is 44.2 Å². The van der Waals surface area contributed by atoms with Gasteiger partial charge in [-0.15, -0.1) is 0 Å². The number of benzene rings is 2. The van der Waals surface area contributed by atoms with Crippen molar-refractivity contribution in [2.45, 2.75) is 43.5 Å². The number of nitrogens with one attached hydrogen (secondary N) is 1. The van der Waals surface area contributed by atoms with Gasteiger partial charge in [0, 0.05) is 24.9 Å². The second-order valence-corrected chi connectivity index (χ2v) is 10.5. The zero-order valence-corrected chi connectivity index (χ0v) is 19.2. The molecule has 3 amide bonds. The number of urea groups is 1. The molecule has 0 spiro atoms. The Morgan fingerprint density at radius 1 is 1.12 bits per heavy atom. The second kappa shape index (κ2) is 9.86. The number of imide groups is 1. The largest absolute Gasteiger partial charge is 0.488 e. The van der Waals surface area contributed by atoms with E-state index in [1.807, 2.05) is 24.3 Å². The van der Waals surface area contributed by atoms with Gasteiger partial charge < -0.3 is 9.64 Å². The number of carbonyl (C=O) groups excluding carboxylic acids is 2. The van der Waals surface area contributed by atoms with Crippen LogP contribution in [0.15, 0.2) is 53.4 Å². The van der Waals surface area contributed by atoms with Crippen molar-refractivity contribution in [2.24, 2.45) is 0 Å². The number of ether oxygens (including phenoxy) is 1. The van der Waals surface area contributed by atoms with Gasteiger partial charge in [-0.3, -0.25) is 10.1 Å². The van der Waals surface area contributed by atoms with E-state index in [-0.39, 0.29) is 28.7 Å². The standard InChI is InChI=1S/C23H26F2N2O5S/c1-23(2,15-33(30,31)19-5-3-4-18(12-19)32-14-20(24)25)17-8-6-16(7-9-17)13-27-11-10-21(28)26-22(27)29/h3-9,12,20H,10-11,13-15H2,1-2H3,(H,26,28,29). The van der Waals surface area contributed by atoms with Gasteiger partial charge in [-0.2, -0.15) is 0 Å². The van der Waals surface area contributed by atoms with Crippen LogP contribution in [0.3, 0.4) is 0 Å². The zero-order chi connectivity index (χ0) is 24.2.